The molecular weight excluding hydrogens is 280 g/mol. The minimum Gasteiger partial charge on any atom is -0.399 e. The van der Waals surface area contributed by atoms with E-state index in [2.05, 4.69) is 10.3 Å². The summed E-state index contributed by atoms with van der Waals surface area (Å²) in [5, 5.41) is 8.26. The maximum atomic E-state index is 12.0. The predicted octanol–water partition coefficient (Wildman–Crippen LogP) is 0.159. The second kappa shape index (κ2) is 5.51. The number of benzene rings is 1. The predicted molar refractivity (Wildman–Crippen MR) is 77.6 cm³/mol. The third kappa shape index (κ3) is 3.49. The summed E-state index contributed by atoms with van der Waals surface area (Å²) in [6.45, 7) is 0.240. The van der Waals surface area contributed by atoms with Crippen LogP contribution in [-0.2, 0) is 10.0 Å². The summed E-state index contributed by atoms with van der Waals surface area (Å²) >= 11 is 0. The molecule has 7 nitrogen and oxygen atoms in total. The van der Waals surface area contributed by atoms with Crippen LogP contribution in [0.4, 0.5) is 5.69 Å². The molecule has 0 fully saturated rings. The zero-order chi connectivity index (χ0) is 14.8. The molecule has 0 bridgehead atoms. The maximum absolute atomic E-state index is 12.0. The van der Waals surface area contributed by atoms with Crippen LogP contribution in [0.2, 0.25) is 0 Å². The highest BCUT2D eigenvalue weighted by Gasteiger charge is 2.12. The Hall–Kier alpha value is -2.06. The van der Waals surface area contributed by atoms with Gasteiger partial charge in [0.1, 0.15) is 0 Å². The summed E-state index contributed by atoms with van der Waals surface area (Å²) in [5.74, 6) is -0.440. The number of aromatic nitrogens is 1. The molecule has 6 N–H and O–H groups in total. The van der Waals surface area contributed by atoms with Crippen LogP contribution in [0.1, 0.15) is 16.8 Å². The topological polar surface area (TPSA) is 131 Å². The lowest BCUT2D eigenvalue weighted by Crippen LogP contribution is -2.27. The van der Waals surface area contributed by atoms with E-state index in [1.165, 1.54) is 0 Å². The van der Waals surface area contributed by atoms with Crippen molar-refractivity contribution in [3.63, 3.8) is 0 Å². The molecule has 0 saturated heterocycles. The maximum Gasteiger partial charge on any atom is 0.253 e. The number of amides is 1. The van der Waals surface area contributed by atoms with Gasteiger partial charge >= 0.3 is 0 Å². The molecule has 0 saturated carbocycles. The highest BCUT2D eigenvalue weighted by molar-refractivity contribution is 7.89. The fourth-order valence-corrected chi connectivity index (χ4v) is 2.44. The second-order valence-corrected chi connectivity index (χ2v) is 6.22. The van der Waals surface area contributed by atoms with Crippen molar-refractivity contribution in [2.75, 3.05) is 18.0 Å². The molecule has 108 valence electrons. The largest absolute Gasteiger partial charge is 0.399 e. The number of rotatable bonds is 5. The minimum atomic E-state index is -3.49. The summed E-state index contributed by atoms with van der Waals surface area (Å²) in [6.07, 6.45) is 1.87. The van der Waals surface area contributed by atoms with E-state index in [9.17, 15) is 13.2 Å². The van der Waals surface area contributed by atoms with Crippen molar-refractivity contribution in [1.82, 2.24) is 10.3 Å². The van der Waals surface area contributed by atoms with Crippen molar-refractivity contribution in [2.45, 2.75) is 6.42 Å². The molecule has 1 aromatic carbocycles. The van der Waals surface area contributed by atoms with Crippen LogP contribution in [0.15, 0.2) is 24.4 Å². The number of primary sulfonamides is 1. The molecule has 0 spiro atoms. The summed E-state index contributed by atoms with van der Waals surface area (Å²) < 4.78 is 21.5. The van der Waals surface area contributed by atoms with Gasteiger partial charge in [-0.3, -0.25) is 4.79 Å². The molecule has 2 aromatic rings. The number of nitrogens with two attached hydrogens (primary N) is 2. The number of anilines is 1. The molecule has 2 rings (SSSR count). The van der Waals surface area contributed by atoms with E-state index in [4.69, 9.17) is 10.9 Å². The first-order chi connectivity index (χ1) is 9.37. The van der Waals surface area contributed by atoms with Crippen molar-refractivity contribution >= 4 is 32.5 Å². The van der Waals surface area contributed by atoms with Crippen LogP contribution in [-0.4, -0.2) is 31.6 Å². The van der Waals surface area contributed by atoms with E-state index in [0.717, 1.165) is 10.9 Å². The van der Waals surface area contributed by atoms with E-state index in [-0.39, 0.29) is 24.6 Å². The Labute approximate surface area is 116 Å². The lowest BCUT2D eigenvalue weighted by Gasteiger charge is -2.04. The highest BCUT2D eigenvalue weighted by atomic mass is 32.2. The monoisotopic (exact) mass is 296 g/mol. The normalized spacial score (nSPS) is 11.7. The number of nitrogens with one attached hydrogen (secondary N) is 2. The molecule has 8 heteroatoms. The van der Waals surface area contributed by atoms with Crippen molar-refractivity contribution < 1.29 is 13.2 Å². The molecule has 1 heterocycles. The van der Waals surface area contributed by atoms with Gasteiger partial charge in [-0.15, -0.1) is 0 Å². The van der Waals surface area contributed by atoms with Gasteiger partial charge in [0.2, 0.25) is 10.0 Å². The van der Waals surface area contributed by atoms with Gasteiger partial charge in [-0.2, -0.15) is 0 Å². The van der Waals surface area contributed by atoms with E-state index < -0.39 is 10.0 Å². The number of nitrogen functional groups attached to an aromatic ring is 1. The number of carbonyl (C=O) groups excluding carboxylic acids is 1. The highest BCUT2D eigenvalue weighted by Crippen LogP contribution is 2.20. The standard InChI is InChI=1S/C12H16N4O3S/c13-8-2-3-11-9(6-8)10(7-16-11)12(17)15-4-1-5-20(14,18)19/h2-3,6-7,16H,1,4-5,13H2,(H,15,17)(H2,14,18,19). The third-order valence-corrected chi connectivity index (χ3v) is 3.70. The lowest BCUT2D eigenvalue weighted by atomic mass is 10.1. The average Bonchev–Trinajstić information content (AvgIpc) is 2.76. The van der Waals surface area contributed by atoms with Gasteiger partial charge in [0.25, 0.3) is 5.91 Å². The summed E-state index contributed by atoms with van der Waals surface area (Å²) in [6, 6.07) is 5.25. The fourth-order valence-electron chi connectivity index (χ4n) is 1.90. The van der Waals surface area contributed by atoms with Crippen molar-refractivity contribution in [3.8, 4) is 0 Å². The molecule has 0 atom stereocenters. The number of sulfonamides is 1. The first kappa shape index (κ1) is 14.4. The number of hydrogen-bond donors (Lipinski definition) is 4. The Balaban J connectivity index is 2.03. The molecule has 0 radical (unpaired) electrons. The van der Waals surface area contributed by atoms with Crippen LogP contribution in [0.5, 0.6) is 0 Å². The molecular formula is C12H16N4O3S. The first-order valence-corrected chi connectivity index (χ1v) is 7.73. The van der Waals surface area contributed by atoms with E-state index in [1.54, 1.807) is 24.4 Å². The summed E-state index contributed by atoms with van der Waals surface area (Å²) in [5.41, 5.74) is 7.55. The lowest BCUT2D eigenvalue weighted by molar-refractivity contribution is 0.0955. The third-order valence-electron chi connectivity index (χ3n) is 2.84. The number of hydrogen-bond acceptors (Lipinski definition) is 4. The number of aromatic amines is 1. The Morgan fingerprint density at radius 3 is 2.80 bits per heavy atom. The molecule has 0 aliphatic rings. The van der Waals surface area contributed by atoms with Crippen LogP contribution >= 0.6 is 0 Å². The second-order valence-electron chi connectivity index (χ2n) is 4.48. The molecule has 0 aliphatic heterocycles. The van der Waals surface area contributed by atoms with Crippen LogP contribution in [0, 0.1) is 0 Å². The Kier molecular flexibility index (Phi) is 3.96. The zero-order valence-corrected chi connectivity index (χ0v) is 11.5. The smallest absolute Gasteiger partial charge is 0.253 e. The van der Waals surface area contributed by atoms with E-state index in [1.807, 2.05) is 0 Å². The van der Waals surface area contributed by atoms with Gasteiger partial charge in [-0.1, -0.05) is 0 Å². The van der Waals surface area contributed by atoms with Gasteiger partial charge in [-0.25, -0.2) is 13.6 Å². The minimum absolute atomic E-state index is 0.159. The Morgan fingerprint density at radius 1 is 1.35 bits per heavy atom. The van der Waals surface area contributed by atoms with Crippen molar-refractivity contribution in [1.29, 1.82) is 0 Å². The molecule has 20 heavy (non-hydrogen) atoms. The van der Waals surface area contributed by atoms with Gasteiger partial charge in [0.15, 0.2) is 0 Å². The Bertz CT molecular complexity index is 736. The first-order valence-electron chi connectivity index (χ1n) is 6.02. The SMILES string of the molecule is Nc1ccc2[nH]cc(C(=O)NCCCS(N)(=O)=O)c2c1. The Morgan fingerprint density at radius 2 is 2.10 bits per heavy atom. The quantitative estimate of drug-likeness (QED) is 0.462. The van der Waals surface area contributed by atoms with Crippen LogP contribution in [0.25, 0.3) is 10.9 Å². The zero-order valence-electron chi connectivity index (χ0n) is 10.7. The number of H-pyrrole nitrogens is 1. The summed E-state index contributed by atoms with van der Waals surface area (Å²) in [4.78, 5) is 15.0. The number of carbonyl (C=O) groups is 1. The van der Waals surface area contributed by atoms with Crippen molar-refractivity contribution in [2.24, 2.45) is 5.14 Å². The molecule has 0 unspecified atom stereocenters. The fraction of sp³-hybridized carbons (Fsp3) is 0.250. The van der Waals surface area contributed by atoms with Gasteiger partial charge < -0.3 is 16.0 Å². The average molecular weight is 296 g/mol. The molecule has 0 aliphatic carbocycles. The summed E-state index contributed by atoms with van der Waals surface area (Å²) in [7, 11) is -3.49. The van der Waals surface area contributed by atoms with E-state index >= 15 is 0 Å². The van der Waals surface area contributed by atoms with Gasteiger partial charge in [0.05, 0.1) is 11.3 Å². The number of fused-ring (bicyclic) bond motifs is 1. The van der Waals surface area contributed by atoms with Gasteiger partial charge in [0, 0.05) is 29.3 Å². The van der Waals surface area contributed by atoms with E-state index in [0.29, 0.717) is 11.3 Å². The van der Waals surface area contributed by atoms with Crippen molar-refractivity contribution in [3.05, 3.63) is 30.0 Å². The molecule has 1 amide bonds. The molecule has 1 aromatic heterocycles. The van der Waals surface area contributed by atoms with Gasteiger partial charge in [-0.05, 0) is 24.6 Å². The van der Waals surface area contributed by atoms with Crippen LogP contribution < -0.4 is 16.2 Å². The van der Waals surface area contributed by atoms with Crippen LogP contribution in [0.3, 0.4) is 0 Å².